The molecule has 0 saturated heterocycles. The van der Waals surface area contributed by atoms with Crippen LogP contribution < -0.4 is 5.73 Å². The molecule has 1 aliphatic carbocycles. The normalized spacial score (nSPS) is 28.6. The Morgan fingerprint density at radius 1 is 1.42 bits per heavy atom. The number of nitrogens with zero attached hydrogens (tertiary/aromatic N) is 2. The lowest BCUT2D eigenvalue weighted by atomic mass is 9.61. The van der Waals surface area contributed by atoms with Gasteiger partial charge in [-0.25, -0.2) is 4.98 Å². The van der Waals surface area contributed by atoms with Crippen molar-refractivity contribution in [3.05, 3.63) is 18.2 Å². The summed E-state index contributed by atoms with van der Waals surface area (Å²) >= 11 is 0. The Balaban J connectivity index is 2.23. The predicted molar refractivity (Wildman–Crippen MR) is 79.9 cm³/mol. The van der Waals surface area contributed by atoms with E-state index >= 15 is 0 Å². The van der Waals surface area contributed by atoms with Crippen molar-refractivity contribution in [1.82, 2.24) is 9.55 Å². The molecule has 1 saturated carbocycles. The largest absolute Gasteiger partial charge is 0.335 e. The van der Waals surface area contributed by atoms with Gasteiger partial charge in [-0.3, -0.25) is 0 Å². The molecule has 2 N–H and O–H groups in total. The fourth-order valence-electron chi connectivity index (χ4n) is 3.86. The number of aromatic nitrogens is 2. The van der Waals surface area contributed by atoms with Crippen LogP contribution in [-0.4, -0.2) is 15.1 Å². The van der Waals surface area contributed by atoms with E-state index in [9.17, 15) is 0 Å². The summed E-state index contributed by atoms with van der Waals surface area (Å²) in [5.41, 5.74) is 7.04. The SMILES string of the molecule is CCn1ccnc1CC1(N)CCCCC1C(C)(C)C. The highest BCUT2D eigenvalue weighted by Crippen LogP contribution is 2.44. The van der Waals surface area contributed by atoms with Crippen LogP contribution in [0.4, 0.5) is 0 Å². The summed E-state index contributed by atoms with van der Waals surface area (Å²) in [7, 11) is 0. The molecule has 3 heteroatoms. The van der Waals surface area contributed by atoms with Gasteiger partial charge in [0.25, 0.3) is 0 Å². The van der Waals surface area contributed by atoms with Gasteiger partial charge in [-0.2, -0.15) is 0 Å². The van der Waals surface area contributed by atoms with Crippen LogP contribution >= 0.6 is 0 Å². The first-order chi connectivity index (χ1) is 8.87. The number of rotatable bonds is 3. The lowest BCUT2D eigenvalue weighted by Gasteiger charge is -2.48. The topological polar surface area (TPSA) is 43.8 Å². The highest BCUT2D eigenvalue weighted by molar-refractivity contribution is 5.07. The second-order valence-electron chi connectivity index (χ2n) is 7.20. The minimum atomic E-state index is -0.0885. The van der Waals surface area contributed by atoms with Crippen LogP contribution in [0.1, 0.15) is 59.2 Å². The minimum absolute atomic E-state index is 0.0885. The summed E-state index contributed by atoms with van der Waals surface area (Å²) in [4.78, 5) is 4.53. The Hall–Kier alpha value is -0.830. The first-order valence-electron chi connectivity index (χ1n) is 7.66. The van der Waals surface area contributed by atoms with Crippen LogP contribution in [0.25, 0.3) is 0 Å². The first-order valence-corrected chi connectivity index (χ1v) is 7.66. The van der Waals surface area contributed by atoms with E-state index in [2.05, 4.69) is 43.4 Å². The van der Waals surface area contributed by atoms with Gasteiger partial charge in [-0.1, -0.05) is 33.6 Å². The Morgan fingerprint density at radius 2 is 2.16 bits per heavy atom. The van der Waals surface area contributed by atoms with Crippen molar-refractivity contribution in [3.63, 3.8) is 0 Å². The Labute approximate surface area is 117 Å². The van der Waals surface area contributed by atoms with E-state index in [0.29, 0.717) is 5.92 Å². The molecule has 0 radical (unpaired) electrons. The lowest BCUT2D eigenvalue weighted by Crippen LogP contribution is -2.55. The quantitative estimate of drug-likeness (QED) is 0.908. The van der Waals surface area contributed by atoms with E-state index in [-0.39, 0.29) is 11.0 Å². The summed E-state index contributed by atoms with van der Waals surface area (Å²) in [5.74, 6) is 1.73. The van der Waals surface area contributed by atoms with Crippen LogP contribution in [0.2, 0.25) is 0 Å². The minimum Gasteiger partial charge on any atom is -0.335 e. The molecular formula is C16H29N3. The molecule has 2 rings (SSSR count). The summed E-state index contributed by atoms with van der Waals surface area (Å²) in [6.45, 7) is 10.1. The molecule has 2 unspecified atom stereocenters. The number of nitrogens with two attached hydrogens (primary N) is 1. The van der Waals surface area contributed by atoms with Crippen molar-refractivity contribution in [3.8, 4) is 0 Å². The molecule has 0 aliphatic heterocycles. The summed E-state index contributed by atoms with van der Waals surface area (Å²) in [6, 6.07) is 0. The zero-order valence-electron chi connectivity index (χ0n) is 12.9. The van der Waals surface area contributed by atoms with E-state index in [0.717, 1.165) is 25.2 Å². The van der Waals surface area contributed by atoms with E-state index in [1.54, 1.807) is 0 Å². The van der Waals surface area contributed by atoms with E-state index in [1.165, 1.54) is 19.3 Å². The average Bonchev–Trinajstić information content (AvgIpc) is 2.74. The molecule has 0 bridgehead atoms. The molecule has 1 aromatic rings. The summed E-state index contributed by atoms with van der Waals surface area (Å²) in [6.07, 6.45) is 9.85. The zero-order chi connectivity index (χ0) is 14.1. The van der Waals surface area contributed by atoms with Crippen molar-refractivity contribution < 1.29 is 0 Å². The molecule has 0 amide bonds. The van der Waals surface area contributed by atoms with Gasteiger partial charge in [0, 0.05) is 30.9 Å². The van der Waals surface area contributed by atoms with Crippen molar-refractivity contribution in [1.29, 1.82) is 0 Å². The maximum atomic E-state index is 6.85. The van der Waals surface area contributed by atoms with E-state index in [4.69, 9.17) is 5.73 Å². The molecule has 108 valence electrons. The fraction of sp³-hybridized carbons (Fsp3) is 0.812. The van der Waals surface area contributed by atoms with Crippen LogP contribution in [0.15, 0.2) is 12.4 Å². The van der Waals surface area contributed by atoms with Crippen LogP contribution in [-0.2, 0) is 13.0 Å². The van der Waals surface area contributed by atoms with Gasteiger partial charge in [0.2, 0.25) is 0 Å². The monoisotopic (exact) mass is 263 g/mol. The predicted octanol–water partition coefficient (Wildman–Crippen LogP) is 3.38. The van der Waals surface area contributed by atoms with E-state index < -0.39 is 0 Å². The van der Waals surface area contributed by atoms with Gasteiger partial charge < -0.3 is 10.3 Å². The maximum absolute atomic E-state index is 6.85. The van der Waals surface area contributed by atoms with Gasteiger partial charge in [-0.05, 0) is 31.1 Å². The third-order valence-electron chi connectivity index (χ3n) is 4.75. The smallest absolute Gasteiger partial charge is 0.110 e. The molecule has 3 nitrogen and oxygen atoms in total. The number of hydrogen-bond donors (Lipinski definition) is 1. The molecule has 1 aliphatic rings. The third-order valence-corrected chi connectivity index (χ3v) is 4.75. The molecule has 19 heavy (non-hydrogen) atoms. The molecule has 0 aromatic carbocycles. The van der Waals surface area contributed by atoms with Crippen molar-refractivity contribution >= 4 is 0 Å². The van der Waals surface area contributed by atoms with Crippen molar-refractivity contribution in [2.45, 2.75) is 71.9 Å². The summed E-state index contributed by atoms with van der Waals surface area (Å²) in [5, 5.41) is 0. The lowest BCUT2D eigenvalue weighted by molar-refractivity contribution is 0.0773. The highest BCUT2D eigenvalue weighted by Gasteiger charge is 2.43. The van der Waals surface area contributed by atoms with Crippen molar-refractivity contribution in [2.75, 3.05) is 0 Å². The van der Waals surface area contributed by atoms with Gasteiger partial charge >= 0.3 is 0 Å². The molecule has 1 aromatic heterocycles. The second kappa shape index (κ2) is 5.28. The Kier molecular flexibility index (Phi) is 4.05. The Bertz CT molecular complexity index is 416. The average molecular weight is 263 g/mol. The van der Waals surface area contributed by atoms with E-state index in [1.807, 2.05) is 6.20 Å². The molecular weight excluding hydrogens is 234 g/mol. The van der Waals surface area contributed by atoms with Crippen LogP contribution in [0, 0.1) is 11.3 Å². The third kappa shape index (κ3) is 3.02. The van der Waals surface area contributed by atoms with Crippen molar-refractivity contribution in [2.24, 2.45) is 17.1 Å². The second-order valence-corrected chi connectivity index (χ2v) is 7.20. The molecule has 2 atom stereocenters. The molecule has 1 fully saturated rings. The number of imidazole rings is 1. The van der Waals surface area contributed by atoms with Crippen LogP contribution in [0.5, 0.6) is 0 Å². The first kappa shape index (κ1) is 14.6. The van der Waals surface area contributed by atoms with Gasteiger partial charge in [0.15, 0.2) is 0 Å². The fourth-order valence-corrected chi connectivity index (χ4v) is 3.86. The van der Waals surface area contributed by atoms with Gasteiger partial charge in [0.05, 0.1) is 0 Å². The number of hydrogen-bond acceptors (Lipinski definition) is 2. The van der Waals surface area contributed by atoms with Crippen LogP contribution in [0.3, 0.4) is 0 Å². The molecule has 0 spiro atoms. The van der Waals surface area contributed by atoms with Gasteiger partial charge in [-0.15, -0.1) is 0 Å². The van der Waals surface area contributed by atoms with Gasteiger partial charge in [0.1, 0.15) is 5.82 Å². The zero-order valence-corrected chi connectivity index (χ0v) is 12.9. The number of aryl methyl sites for hydroxylation is 1. The molecule has 1 heterocycles. The standard InChI is InChI=1S/C16H29N3/c1-5-19-11-10-18-14(19)12-16(17)9-7-6-8-13(16)15(2,3)4/h10-11,13H,5-9,12,17H2,1-4H3. The Morgan fingerprint density at radius 3 is 2.79 bits per heavy atom. The maximum Gasteiger partial charge on any atom is 0.110 e. The highest BCUT2D eigenvalue weighted by atomic mass is 15.1. The summed E-state index contributed by atoms with van der Waals surface area (Å²) < 4.78 is 2.23.